The van der Waals surface area contributed by atoms with Crippen LogP contribution in [-0.2, 0) is 11.8 Å². The average molecular weight is 439 g/mol. The highest BCUT2D eigenvalue weighted by Gasteiger charge is 2.35. The third-order valence-corrected chi connectivity index (χ3v) is 6.04. The van der Waals surface area contributed by atoms with Crippen LogP contribution in [0.2, 0.25) is 0 Å². The van der Waals surface area contributed by atoms with Gasteiger partial charge >= 0.3 is 0 Å². The Hall–Kier alpha value is -2.71. The van der Waals surface area contributed by atoms with Crippen LogP contribution < -0.4 is 19.5 Å². The topological polar surface area (TPSA) is 63.5 Å². The summed E-state index contributed by atoms with van der Waals surface area (Å²) >= 11 is 0. The molecule has 174 valence electrons. The maximum absolute atomic E-state index is 10.1. The van der Waals surface area contributed by atoms with Gasteiger partial charge < -0.3 is 19.5 Å². The van der Waals surface area contributed by atoms with E-state index in [-0.39, 0.29) is 5.92 Å². The van der Waals surface area contributed by atoms with Crippen molar-refractivity contribution < 1.29 is 14.2 Å². The van der Waals surface area contributed by atoms with Crippen LogP contribution in [0.25, 0.3) is 0 Å². The molecule has 0 saturated heterocycles. The monoisotopic (exact) mass is 438 g/mol. The minimum atomic E-state index is -0.506. The van der Waals surface area contributed by atoms with Gasteiger partial charge in [-0.25, -0.2) is 0 Å². The second-order valence-corrected chi connectivity index (χ2v) is 8.35. The Balaban J connectivity index is 1.84. The molecule has 0 heterocycles. The Morgan fingerprint density at radius 1 is 1.00 bits per heavy atom. The van der Waals surface area contributed by atoms with Crippen molar-refractivity contribution in [2.75, 3.05) is 33.9 Å². The number of aryl methyl sites for hydroxylation is 1. The molecule has 0 aliphatic rings. The summed E-state index contributed by atoms with van der Waals surface area (Å²) in [6.45, 7) is 8.70. The van der Waals surface area contributed by atoms with E-state index in [0.29, 0.717) is 6.61 Å². The summed E-state index contributed by atoms with van der Waals surface area (Å²) in [5.41, 5.74) is 1.78. The molecule has 32 heavy (non-hydrogen) atoms. The normalized spacial score (nSPS) is 12.8. The number of ether oxygens (including phenoxy) is 3. The smallest absolute Gasteiger partial charge is 0.160 e. The van der Waals surface area contributed by atoms with Crippen LogP contribution in [0, 0.1) is 17.2 Å². The fraction of sp³-hybridized carbons (Fsp3) is 0.519. The SMILES string of the molecule is CCOc1cccc([C@](C#N)(CCCNCCCc2ccc(OC)c(OC)c2)C(C)C)c1. The number of hydrogen-bond acceptors (Lipinski definition) is 5. The molecule has 0 bridgehead atoms. The van der Waals surface area contributed by atoms with E-state index in [4.69, 9.17) is 14.2 Å². The number of nitrogens with one attached hydrogen (secondary N) is 1. The largest absolute Gasteiger partial charge is 0.494 e. The van der Waals surface area contributed by atoms with Gasteiger partial charge in [0.1, 0.15) is 5.75 Å². The molecule has 1 N–H and O–H groups in total. The van der Waals surface area contributed by atoms with E-state index in [2.05, 4.69) is 37.4 Å². The number of rotatable bonds is 14. The molecule has 0 unspecified atom stereocenters. The summed E-state index contributed by atoms with van der Waals surface area (Å²) in [4.78, 5) is 0. The van der Waals surface area contributed by atoms with E-state index in [9.17, 15) is 5.26 Å². The average Bonchev–Trinajstić information content (AvgIpc) is 2.81. The lowest BCUT2D eigenvalue weighted by Crippen LogP contribution is -2.32. The molecule has 5 nitrogen and oxygen atoms in total. The Morgan fingerprint density at radius 2 is 1.75 bits per heavy atom. The van der Waals surface area contributed by atoms with Crippen molar-refractivity contribution in [3.63, 3.8) is 0 Å². The number of nitriles is 1. The van der Waals surface area contributed by atoms with Crippen LogP contribution in [-0.4, -0.2) is 33.9 Å². The third kappa shape index (κ3) is 6.64. The lowest BCUT2D eigenvalue weighted by Gasteiger charge is -2.31. The second-order valence-electron chi connectivity index (χ2n) is 8.35. The van der Waals surface area contributed by atoms with Crippen molar-refractivity contribution in [1.29, 1.82) is 5.26 Å². The van der Waals surface area contributed by atoms with Crippen molar-refractivity contribution in [1.82, 2.24) is 5.32 Å². The molecular weight excluding hydrogens is 400 g/mol. The van der Waals surface area contributed by atoms with E-state index in [1.54, 1.807) is 14.2 Å². The zero-order valence-corrected chi connectivity index (χ0v) is 20.2. The first-order valence-corrected chi connectivity index (χ1v) is 11.6. The van der Waals surface area contributed by atoms with Crippen LogP contribution in [0.15, 0.2) is 42.5 Å². The van der Waals surface area contributed by atoms with Gasteiger partial charge in [0.15, 0.2) is 11.5 Å². The summed E-state index contributed by atoms with van der Waals surface area (Å²) in [7, 11) is 3.31. The van der Waals surface area contributed by atoms with Gasteiger partial charge in [0.05, 0.1) is 32.3 Å². The molecule has 0 radical (unpaired) electrons. The van der Waals surface area contributed by atoms with Gasteiger partial charge in [0, 0.05) is 0 Å². The fourth-order valence-corrected chi connectivity index (χ4v) is 4.12. The van der Waals surface area contributed by atoms with E-state index in [1.165, 1.54) is 5.56 Å². The van der Waals surface area contributed by atoms with Crippen LogP contribution >= 0.6 is 0 Å². The predicted octanol–water partition coefficient (Wildman–Crippen LogP) is 5.52. The first-order chi connectivity index (χ1) is 15.5. The summed E-state index contributed by atoms with van der Waals surface area (Å²) in [5, 5.41) is 13.7. The summed E-state index contributed by atoms with van der Waals surface area (Å²) in [6, 6.07) is 16.7. The fourth-order valence-electron chi connectivity index (χ4n) is 4.12. The highest BCUT2D eigenvalue weighted by atomic mass is 16.5. The molecule has 0 aliphatic carbocycles. The van der Waals surface area contributed by atoms with Crippen molar-refractivity contribution in [2.45, 2.75) is 51.9 Å². The first-order valence-electron chi connectivity index (χ1n) is 11.6. The Bertz CT molecular complexity index is 875. The molecule has 0 saturated carbocycles. The standard InChI is InChI=1S/C27H38N2O3/c1-6-32-24-12-7-11-23(19-24)27(20-28,21(2)3)15-9-17-29-16-8-10-22-13-14-25(30-4)26(18-22)31-5/h7,11-14,18-19,21,29H,6,8-10,15-17H2,1-5H3/t27-/m0/s1. The molecule has 1 atom stereocenters. The van der Waals surface area contributed by atoms with Crippen LogP contribution in [0.4, 0.5) is 0 Å². The molecular formula is C27H38N2O3. The van der Waals surface area contributed by atoms with Crippen LogP contribution in [0.3, 0.4) is 0 Å². The molecule has 0 amide bonds. The predicted molar refractivity (Wildman–Crippen MR) is 130 cm³/mol. The summed E-state index contributed by atoms with van der Waals surface area (Å²) in [6.07, 6.45) is 3.78. The summed E-state index contributed by atoms with van der Waals surface area (Å²) < 4.78 is 16.3. The van der Waals surface area contributed by atoms with E-state index in [1.807, 2.05) is 37.3 Å². The minimum Gasteiger partial charge on any atom is -0.494 e. The number of nitrogens with zero attached hydrogens (tertiary/aromatic N) is 1. The maximum atomic E-state index is 10.1. The first kappa shape index (κ1) is 25.5. The van der Waals surface area contributed by atoms with Gasteiger partial charge in [0.25, 0.3) is 0 Å². The molecule has 5 heteroatoms. The second kappa shape index (κ2) is 13.0. The molecule has 0 aromatic heterocycles. The van der Waals surface area contributed by atoms with Gasteiger partial charge in [-0.05, 0) is 87.0 Å². The van der Waals surface area contributed by atoms with Gasteiger partial charge in [0.2, 0.25) is 0 Å². The number of hydrogen-bond donors (Lipinski definition) is 1. The van der Waals surface area contributed by atoms with Gasteiger partial charge in [-0.15, -0.1) is 0 Å². The third-order valence-electron chi connectivity index (χ3n) is 6.04. The van der Waals surface area contributed by atoms with Gasteiger partial charge in [-0.2, -0.15) is 5.26 Å². The van der Waals surface area contributed by atoms with Gasteiger partial charge in [-0.3, -0.25) is 0 Å². The molecule has 0 aliphatic heterocycles. The molecule has 0 fully saturated rings. The van der Waals surface area contributed by atoms with Crippen LogP contribution in [0.1, 0.15) is 51.2 Å². The Morgan fingerprint density at radius 3 is 2.41 bits per heavy atom. The van der Waals surface area contributed by atoms with Crippen molar-refractivity contribution in [3.8, 4) is 23.3 Å². The molecule has 2 aromatic rings. The lowest BCUT2D eigenvalue weighted by atomic mass is 9.70. The van der Waals surface area contributed by atoms with Gasteiger partial charge in [-0.1, -0.05) is 32.0 Å². The lowest BCUT2D eigenvalue weighted by molar-refractivity contribution is 0.332. The highest BCUT2D eigenvalue weighted by Crippen LogP contribution is 2.37. The Labute approximate surface area is 193 Å². The zero-order valence-electron chi connectivity index (χ0n) is 20.2. The molecule has 2 rings (SSSR count). The highest BCUT2D eigenvalue weighted by molar-refractivity contribution is 5.43. The number of methoxy groups -OCH3 is 2. The summed E-state index contributed by atoms with van der Waals surface area (Å²) in [5.74, 6) is 2.58. The molecule has 2 aromatic carbocycles. The van der Waals surface area contributed by atoms with Crippen LogP contribution in [0.5, 0.6) is 17.2 Å². The van der Waals surface area contributed by atoms with E-state index < -0.39 is 5.41 Å². The zero-order chi connectivity index (χ0) is 23.4. The molecule has 0 spiro atoms. The number of benzene rings is 2. The van der Waals surface area contributed by atoms with Crippen molar-refractivity contribution in [3.05, 3.63) is 53.6 Å². The van der Waals surface area contributed by atoms with Crippen molar-refractivity contribution in [2.24, 2.45) is 5.92 Å². The van der Waals surface area contributed by atoms with E-state index >= 15 is 0 Å². The van der Waals surface area contributed by atoms with Crippen molar-refractivity contribution >= 4 is 0 Å². The quantitative estimate of drug-likeness (QED) is 0.393. The van der Waals surface area contributed by atoms with E-state index in [0.717, 1.165) is 61.6 Å². The Kier molecular flexibility index (Phi) is 10.4. The minimum absolute atomic E-state index is 0.217. The maximum Gasteiger partial charge on any atom is 0.160 e.